The lowest BCUT2D eigenvalue weighted by Crippen LogP contribution is -2.24. The highest BCUT2D eigenvalue weighted by atomic mass is 19.3. The van der Waals surface area contributed by atoms with Gasteiger partial charge in [0, 0.05) is 5.41 Å². The predicted molar refractivity (Wildman–Crippen MR) is 43.9 cm³/mol. The molecule has 0 fully saturated rings. The van der Waals surface area contributed by atoms with Crippen molar-refractivity contribution in [2.24, 2.45) is 11.3 Å². The molecule has 0 rings (SSSR count). The summed E-state index contributed by atoms with van der Waals surface area (Å²) in [5.74, 6) is 0.402. The third-order valence-electron chi connectivity index (χ3n) is 2.16. The Bertz CT molecular complexity index is 108. The van der Waals surface area contributed by atoms with Crippen LogP contribution in [0.1, 0.15) is 40.5 Å². The fourth-order valence-corrected chi connectivity index (χ4v) is 1.13. The molecule has 0 aliphatic rings. The van der Waals surface area contributed by atoms with Crippen LogP contribution in [0.4, 0.5) is 8.78 Å². The van der Waals surface area contributed by atoms with Crippen LogP contribution in [0.3, 0.4) is 0 Å². The summed E-state index contributed by atoms with van der Waals surface area (Å²) in [5.41, 5.74) is -0.810. The Morgan fingerprint density at radius 3 is 2.00 bits per heavy atom. The van der Waals surface area contributed by atoms with Crippen LogP contribution in [0.25, 0.3) is 0 Å². The number of rotatable bonds is 4. The average Bonchev–Trinajstić information content (AvgIpc) is 1.86. The summed E-state index contributed by atoms with van der Waals surface area (Å²) < 4.78 is 24.6. The van der Waals surface area contributed by atoms with Crippen molar-refractivity contribution in [3.05, 3.63) is 0 Å². The zero-order chi connectivity index (χ0) is 9.07. The molecule has 0 heterocycles. The molecular weight excluding hydrogens is 146 g/mol. The quantitative estimate of drug-likeness (QED) is 0.594. The fraction of sp³-hybridized carbons (Fsp3) is 1.00. The minimum Gasteiger partial charge on any atom is -0.210 e. The van der Waals surface area contributed by atoms with Crippen molar-refractivity contribution in [3.63, 3.8) is 0 Å². The molecule has 0 aromatic heterocycles. The third-order valence-corrected chi connectivity index (χ3v) is 2.16. The topological polar surface area (TPSA) is 0 Å². The highest BCUT2D eigenvalue weighted by molar-refractivity contribution is 4.73. The van der Waals surface area contributed by atoms with Gasteiger partial charge in [0.25, 0.3) is 0 Å². The molecular formula is C9H18F2. The summed E-state index contributed by atoms with van der Waals surface area (Å²) in [7, 11) is 0. The first kappa shape index (κ1) is 10.9. The van der Waals surface area contributed by atoms with E-state index in [1.54, 1.807) is 13.8 Å². The van der Waals surface area contributed by atoms with Gasteiger partial charge < -0.3 is 0 Å². The van der Waals surface area contributed by atoms with Crippen molar-refractivity contribution in [3.8, 4) is 0 Å². The van der Waals surface area contributed by atoms with Crippen molar-refractivity contribution in [2.75, 3.05) is 0 Å². The highest BCUT2D eigenvalue weighted by Crippen LogP contribution is 2.32. The van der Waals surface area contributed by atoms with E-state index in [-0.39, 0.29) is 0 Å². The van der Waals surface area contributed by atoms with Gasteiger partial charge in [0.05, 0.1) is 0 Å². The van der Waals surface area contributed by atoms with E-state index in [0.717, 1.165) is 6.42 Å². The maximum Gasteiger partial charge on any atom is 0.243 e. The van der Waals surface area contributed by atoms with Crippen molar-refractivity contribution >= 4 is 0 Å². The molecule has 1 atom stereocenters. The minimum absolute atomic E-state index is 0.402. The van der Waals surface area contributed by atoms with Gasteiger partial charge in [-0.15, -0.1) is 0 Å². The molecule has 0 spiro atoms. The second-order valence-corrected chi connectivity index (χ2v) is 4.01. The van der Waals surface area contributed by atoms with Gasteiger partial charge in [-0.1, -0.05) is 34.1 Å². The van der Waals surface area contributed by atoms with Crippen molar-refractivity contribution in [2.45, 2.75) is 47.0 Å². The number of hydrogen-bond acceptors (Lipinski definition) is 0. The van der Waals surface area contributed by atoms with Gasteiger partial charge in [-0.05, 0) is 12.3 Å². The maximum atomic E-state index is 12.3. The largest absolute Gasteiger partial charge is 0.243 e. The number of hydrogen-bond donors (Lipinski definition) is 0. The highest BCUT2D eigenvalue weighted by Gasteiger charge is 2.30. The van der Waals surface area contributed by atoms with Crippen LogP contribution in [0.2, 0.25) is 0 Å². The van der Waals surface area contributed by atoms with Crippen LogP contribution in [0, 0.1) is 11.3 Å². The summed E-state index contributed by atoms with van der Waals surface area (Å²) in [4.78, 5) is 0. The summed E-state index contributed by atoms with van der Waals surface area (Å²) in [6.45, 7) is 7.31. The third kappa shape index (κ3) is 3.68. The van der Waals surface area contributed by atoms with Crippen LogP contribution < -0.4 is 0 Å². The summed E-state index contributed by atoms with van der Waals surface area (Å²) in [5, 5.41) is 0. The van der Waals surface area contributed by atoms with Gasteiger partial charge in [0.2, 0.25) is 6.43 Å². The van der Waals surface area contributed by atoms with E-state index in [4.69, 9.17) is 0 Å². The number of halogens is 2. The molecule has 0 bridgehead atoms. The van der Waals surface area contributed by atoms with E-state index in [2.05, 4.69) is 0 Å². The molecule has 0 aliphatic carbocycles. The summed E-state index contributed by atoms with van der Waals surface area (Å²) >= 11 is 0. The van der Waals surface area contributed by atoms with E-state index in [1.807, 2.05) is 13.8 Å². The molecule has 0 saturated heterocycles. The standard InChI is InChI=1S/C9H18F2/c1-5-7(2)6-9(3,4)8(10)11/h7-8H,5-6H2,1-4H3. The Kier molecular flexibility index (Phi) is 3.98. The molecule has 2 heteroatoms. The molecule has 0 saturated carbocycles. The summed E-state index contributed by atoms with van der Waals surface area (Å²) in [6.07, 6.45) is -0.603. The van der Waals surface area contributed by atoms with E-state index < -0.39 is 11.8 Å². The molecule has 0 aliphatic heterocycles. The first-order valence-electron chi connectivity index (χ1n) is 4.18. The first-order chi connectivity index (χ1) is 4.90. The predicted octanol–water partition coefficient (Wildman–Crippen LogP) is 3.71. The second-order valence-electron chi connectivity index (χ2n) is 4.01. The van der Waals surface area contributed by atoms with Gasteiger partial charge >= 0.3 is 0 Å². The van der Waals surface area contributed by atoms with Crippen LogP contribution in [-0.2, 0) is 0 Å². The molecule has 1 unspecified atom stereocenters. The van der Waals surface area contributed by atoms with Crippen molar-refractivity contribution < 1.29 is 8.78 Å². The Morgan fingerprint density at radius 2 is 1.73 bits per heavy atom. The van der Waals surface area contributed by atoms with Crippen molar-refractivity contribution in [1.82, 2.24) is 0 Å². The van der Waals surface area contributed by atoms with Crippen LogP contribution in [0.15, 0.2) is 0 Å². The van der Waals surface area contributed by atoms with Gasteiger partial charge in [0.15, 0.2) is 0 Å². The van der Waals surface area contributed by atoms with Crippen LogP contribution in [-0.4, -0.2) is 6.43 Å². The zero-order valence-electron chi connectivity index (χ0n) is 7.82. The van der Waals surface area contributed by atoms with E-state index >= 15 is 0 Å². The molecule has 11 heavy (non-hydrogen) atoms. The second kappa shape index (κ2) is 4.03. The van der Waals surface area contributed by atoms with Gasteiger partial charge in [-0.25, -0.2) is 8.78 Å². The lowest BCUT2D eigenvalue weighted by atomic mass is 9.83. The fourth-order valence-electron chi connectivity index (χ4n) is 1.13. The van der Waals surface area contributed by atoms with E-state index in [9.17, 15) is 8.78 Å². The smallest absolute Gasteiger partial charge is 0.210 e. The number of alkyl halides is 2. The van der Waals surface area contributed by atoms with Crippen LogP contribution in [0.5, 0.6) is 0 Å². The van der Waals surface area contributed by atoms with E-state index in [0.29, 0.717) is 12.3 Å². The molecule has 0 nitrogen and oxygen atoms in total. The van der Waals surface area contributed by atoms with Gasteiger partial charge in [0.1, 0.15) is 0 Å². The molecule has 0 aromatic carbocycles. The van der Waals surface area contributed by atoms with E-state index in [1.165, 1.54) is 0 Å². The monoisotopic (exact) mass is 164 g/mol. The zero-order valence-corrected chi connectivity index (χ0v) is 7.82. The molecule has 0 N–H and O–H groups in total. The average molecular weight is 164 g/mol. The molecule has 0 amide bonds. The van der Waals surface area contributed by atoms with Gasteiger partial charge in [-0.3, -0.25) is 0 Å². The summed E-state index contributed by atoms with van der Waals surface area (Å²) in [6, 6.07) is 0. The van der Waals surface area contributed by atoms with Crippen LogP contribution >= 0.6 is 0 Å². The SMILES string of the molecule is CCC(C)CC(C)(C)C(F)F. The normalized spacial score (nSPS) is 15.5. The minimum atomic E-state index is -2.20. The Balaban J connectivity index is 3.90. The lowest BCUT2D eigenvalue weighted by molar-refractivity contribution is 0.00449. The maximum absolute atomic E-state index is 12.3. The van der Waals surface area contributed by atoms with Crippen molar-refractivity contribution in [1.29, 1.82) is 0 Å². The Hall–Kier alpha value is -0.140. The first-order valence-corrected chi connectivity index (χ1v) is 4.18. The molecule has 0 radical (unpaired) electrons. The Morgan fingerprint density at radius 1 is 1.27 bits per heavy atom. The molecule has 68 valence electrons. The molecule has 0 aromatic rings. The Labute approximate surface area is 68.0 Å². The van der Waals surface area contributed by atoms with Gasteiger partial charge in [-0.2, -0.15) is 0 Å². The lowest BCUT2D eigenvalue weighted by Gasteiger charge is -2.26.